The molecule has 184 valence electrons. The van der Waals surface area contributed by atoms with Gasteiger partial charge in [-0.05, 0) is 30.8 Å². The fraction of sp³-hybridized carbons (Fsp3) is 0.240. The average Bonchev–Trinajstić information content (AvgIpc) is 3.33. The lowest BCUT2D eigenvalue weighted by Gasteiger charge is -2.35. The lowest BCUT2D eigenvalue weighted by molar-refractivity contribution is -0.384. The highest BCUT2D eigenvalue weighted by Gasteiger charge is 2.65. The number of rotatable bonds is 4. The van der Waals surface area contributed by atoms with Gasteiger partial charge in [-0.25, -0.2) is 0 Å². The number of hydrogen-bond acceptors (Lipinski definition) is 6. The van der Waals surface area contributed by atoms with E-state index in [0.29, 0.717) is 5.56 Å². The van der Waals surface area contributed by atoms with Gasteiger partial charge in [0, 0.05) is 48.1 Å². The summed E-state index contributed by atoms with van der Waals surface area (Å²) in [6.07, 6.45) is -1.93. The summed E-state index contributed by atoms with van der Waals surface area (Å²) < 4.78 is 41.5. The van der Waals surface area contributed by atoms with E-state index < -0.39 is 45.7 Å². The van der Waals surface area contributed by atoms with Gasteiger partial charge in [0.15, 0.2) is 5.78 Å². The van der Waals surface area contributed by atoms with E-state index in [1.807, 2.05) is 0 Å². The molecule has 1 aromatic heterocycles. The molecule has 1 N–H and O–H groups in total. The molecule has 1 spiro atoms. The van der Waals surface area contributed by atoms with Crippen LogP contribution in [0.25, 0.3) is 0 Å². The molecule has 2 aromatic carbocycles. The number of nitro benzene ring substituents is 1. The second-order valence-corrected chi connectivity index (χ2v) is 8.87. The number of benzene rings is 2. The van der Waals surface area contributed by atoms with E-state index in [1.54, 1.807) is 24.1 Å². The van der Waals surface area contributed by atoms with Crippen molar-refractivity contribution in [1.29, 1.82) is 0 Å². The number of alkyl halides is 3. The van der Waals surface area contributed by atoms with E-state index in [1.165, 1.54) is 48.8 Å². The number of para-hydroxylation sites is 1. The number of Topliss-reactive ketones (excluding diaryl/α,β-unsaturated/α-hetero) is 1. The van der Waals surface area contributed by atoms with Gasteiger partial charge in [0.1, 0.15) is 5.54 Å². The first-order chi connectivity index (χ1) is 17.1. The fourth-order valence-corrected chi connectivity index (χ4v) is 5.56. The van der Waals surface area contributed by atoms with Gasteiger partial charge in [-0.1, -0.05) is 24.3 Å². The molecule has 5 rings (SSSR count). The molecule has 1 amide bonds. The molecule has 2 aliphatic rings. The van der Waals surface area contributed by atoms with E-state index in [-0.39, 0.29) is 29.0 Å². The Hall–Kier alpha value is -4.12. The Balaban J connectivity index is 1.76. The number of amides is 1. The highest BCUT2D eigenvalue weighted by molar-refractivity contribution is 6.12. The molecule has 11 heteroatoms. The predicted octanol–water partition coefficient (Wildman–Crippen LogP) is 4.38. The van der Waals surface area contributed by atoms with Crippen LogP contribution in [-0.2, 0) is 16.5 Å². The number of aromatic nitrogens is 1. The summed E-state index contributed by atoms with van der Waals surface area (Å²) in [4.78, 5) is 44.0. The van der Waals surface area contributed by atoms with Crippen LogP contribution in [0.4, 0.5) is 24.5 Å². The molecule has 8 nitrogen and oxygen atoms in total. The Labute approximate surface area is 202 Å². The maximum absolute atomic E-state index is 14.0. The minimum Gasteiger partial charge on any atom is -0.323 e. The number of ketones is 1. The molecule has 0 bridgehead atoms. The van der Waals surface area contributed by atoms with Crippen molar-refractivity contribution in [2.24, 2.45) is 5.92 Å². The Bertz CT molecular complexity index is 1400. The number of halogens is 3. The highest BCUT2D eigenvalue weighted by Crippen LogP contribution is 2.57. The maximum Gasteiger partial charge on any atom is 0.418 e. The number of carbonyl (C=O) groups is 2. The molecule has 2 aliphatic heterocycles. The minimum absolute atomic E-state index is 0.0417. The molecule has 0 radical (unpaired) electrons. The van der Waals surface area contributed by atoms with Crippen molar-refractivity contribution in [2.75, 3.05) is 18.9 Å². The van der Waals surface area contributed by atoms with E-state index in [0.717, 1.165) is 6.07 Å². The van der Waals surface area contributed by atoms with Gasteiger partial charge in [-0.15, -0.1) is 0 Å². The number of pyridine rings is 1. The Morgan fingerprint density at radius 2 is 1.94 bits per heavy atom. The zero-order chi connectivity index (χ0) is 25.8. The zero-order valence-electron chi connectivity index (χ0n) is 18.8. The van der Waals surface area contributed by atoms with Crippen molar-refractivity contribution < 1.29 is 27.7 Å². The van der Waals surface area contributed by atoms with E-state index in [4.69, 9.17) is 0 Å². The monoisotopic (exact) mass is 496 g/mol. The minimum atomic E-state index is -4.73. The number of non-ortho nitro benzene ring substituents is 1. The topological polar surface area (TPSA) is 105 Å². The third-order valence-corrected chi connectivity index (χ3v) is 7.03. The SMILES string of the molecule is CN1CC(c2cccc([N+](=O)[O-])c2)C(C(=O)c2cccnc2)C12C(=O)Nc1c(C(F)(F)F)cccc12. The van der Waals surface area contributed by atoms with Crippen LogP contribution in [-0.4, -0.2) is 40.1 Å². The van der Waals surface area contributed by atoms with Crippen molar-refractivity contribution in [3.63, 3.8) is 0 Å². The highest BCUT2D eigenvalue weighted by atomic mass is 19.4. The molecule has 3 aromatic rings. The van der Waals surface area contributed by atoms with Gasteiger partial charge in [0.05, 0.1) is 22.1 Å². The van der Waals surface area contributed by atoms with Gasteiger partial charge in [0.25, 0.3) is 5.69 Å². The predicted molar refractivity (Wildman–Crippen MR) is 122 cm³/mol. The van der Waals surface area contributed by atoms with Gasteiger partial charge in [0.2, 0.25) is 5.91 Å². The van der Waals surface area contributed by atoms with Crippen LogP contribution in [0.2, 0.25) is 0 Å². The van der Waals surface area contributed by atoms with Gasteiger partial charge in [-0.2, -0.15) is 13.2 Å². The van der Waals surface area contributed by atoms with Crippen molar-refractivity contribution in [2.45, 2.75) is 17.6 Å². The number of nitrogens with zero attached hydrogens (tertiary/aromatic N) is 3. The molecular weight excluding hydrogens is 477 g/mol. The lowest BCUT2D eigenvalue weighted by atomic mass is 9.70. The number of fused-ring (bicyclic) bond motifs is 2. The van der Waals surface area contributed by atoms with Crippen LogP contribution in [0.1, 0.15) is 33.0 Å². The standard InChI is InChI=1S/C25H19F3N4O4/c1-31-13-17(14-5-2-7-16(11-14)32(35)36)20(22(33)15-6-4-10-29-12-15)24(31)18-8-3-9-19(25(26,27)28)21(18)30-23(24)34/h2-12,17,20H,13H2,1H3,(H,30,34). The van der Waals surface area contributed by atoms with Gasteiger partial charge >= 0.3 is 6.18 Å². The summed E-state index contributed by atoms with van der Waals surface area (Å²) in [5.41, 5.74) is -2.70. The molecule has 3 unspecified atom stereocenters. The number of hydrogen-bond donors (Lipinski definition) is 1. The van der Waals surface area contributed by atoms with E-state index >= 15 is 0 Å². The summed E-state index contributed by atoms with van der Waals surface area (Å²) in [5.74, 6) is -3.16. The lowest BCUT2D eigenvalue weighted by Crippen LogP contribution is -2.51. The zero-order valence-corrected chi connectivity index (χ0v) is 18.8. The second kappa shape index (κ2) is 8.23. The van der Waals surface area contributed by atoms with Gasteiger partial charge in [-0.3, -0.25) is 29.6 Å². The summed E-state index contributed by atoms with van der Waals surface area (Å²) >= 11 is 0. The molecule has 36 heavy (non-hydrogen) atoms. The summed E-state index contributed by atoms with van der Waals surface area (Å²) in [5, 5.41) is 13.8. The van der Waals surface area contributed by atoms with Crippen LogP contribution < -0.4 is 5.32 Å². The molecule has 3 atom stereocenters. The quantitative estimate of drug-likeness (QED) is 0.327. The van der Waals surface area contributed by atoms with Crippen LogP contribution in [0.3, 0.4) is 0 Å². The van der Waals surface area contributed by atoms with Crippen molar-refractivity contribution in [1.82, 2.24) is 9.88 Å². The van der Waals surface area contributed by atoms with E-state index in [2.05, 4.69) is 10.3 Å². The van der Waals surface area contributed by atoms with Crippen LogP contribution in [0.15, 0.2) is 67.0 Å². The van der Waals surface area contributed by atoms with E-state index in [9.17, 15) is 32.9 Å². The number of nitro groups is 1. The number of likely N-dealkylation sites (tertiary alicyclic amines) is 1. The van der Waals surface area contributed by atoms with Crippen molar-refractivity contribution in [3.05, 3.63) is 99.4 Å². The molecular formula is C25H19F3N4O4. The number of nitrogens with one attached hydrogen (secondary N) is 1. The van der Waals surface area contributed by atoms with Crippen LogP contribution in [0, 0.1) is 16.0 Å². The Morgan fingerprint density at radius 3 is 2.61 bits per heavy atom. The molecule has 3 heterocycles. The summed E-state index contributed by atoms with van der Waals surface area (Å²) in [7, 11) is 1.57. The molecule has 1 saturated heterocycles. The molecule has 0 aliphatic carbocycles. The smallest absolute Gasteiger partial charge is 0.323 e. The Morgan fingerprint density at radius 1 is 1.19 bits per heavy atom. The summed E-state index contributed by atoms with van der Waals surface area (Å²) in [6.45, 7) is 0.0982. The first kappa shape index (κ1) is 23.6. The Kier molecular flexibility index (Phi) is 5.40. The largest absolute Gasteiger partial charge is 0.418 e. The maximum atomic E-state index is 14.0. The second-order valence-electron chi connectivity index (χ2n) is 8.87. The van der Waals surface area contributed by atoms with Gasteiger partial charge < -0.3 is 5.32 Å². The van der Waals surface area contributed by atoms with Crippen molar-refractivity contribution >= 4 is 23.1 Å². The number of likely N-dealkylation sites (N-methyl/N-ethyl adjacent to an activating group) is 1. The molecule has 1 fully saturated rings. The number of anilines is 1. The number of carbonyl (C=O) groups excluding carboxylic acids is 2. The normalized spacial score (nSPS) is 23.5. The first-order valence-corrected chi connectivity index (χ1v) is 11.0. The average molecular weight is 496 g/mol. The first-order valence-electron chi connectivity index (χ1n) is 11.0. The third-order valence-electron chi connectivity index (χ3n) is 7.03. The van der Waals surface area contributed by atoms with Crippen LogP contribution >= 0.6 is 0 Å². The molecule has 0 saturated carbocycles. The third kappa shape index (κ3) is 3.38. The van der Waals surface area contributed by atoms with Crippen LogP contribution in [0.5, 0.6) is 0 Å². The fourth-order valence-electron chi connectivity index (χ4n) is 5.56. The summed E-state index contributed by atoms with van der Waals surface area (Å²) in [6, 6.07) is 12.3. The van der Waals surface area contributed by atoms with Crippen molar-refractivity contribution in [3.8, 4) is 0 Å².